The lowest BCUT2D eigenvalue weighted by atomic mass is 10.1. The quantitative estimate of drug-likeness (QED) is 0.442. The van der Waals surface area contributed by atoms with Crippen molar-refractivity contribution in [3.63, 3.8) is 0 Å². The van der Waals surface area contributed by atoms with Crippen LogP contribution >= 0.6 is 0 Å². The molecule has 0 heterocycles. The van der Waals surface area contributed by atoms with Gasteiger partial charge in [-0.05, 0) is 17.5 Å². The molecule has 0 saturated heterocycles. The summed E-state index contributed by atoms with van der Waals surface area (Å²) >= 11 is 0. The van der Waals surface area contributed by atoms with E-state index in [1.807, 2.05) is 0 Å². The molecule has 0 aromatic heterocycles. The van der Waals surface area contributed by atoms with Gasteiger partial charge in [-0.25, -0.2) is 0 Å². The van der Waals surface area contributed by atoms with Gasteiger partial charge in [-0.3, -0.25) is 29.3 Å². The molecule has 0 spiro atoms. The fourth-order valence-corrected chi connectivity index (χ4v) is 3.39. The van der Waals surface area contributed by atoms with E-state index >= 15 is 0 Å². The monoisotopic (exact) mass is 378 g/mol. The zero-order valence-corrected chi connectivity index (χ0v) is 12.8. The molecular formula is C10H6N2O10S2. The van der Waals surface area contributed by atoms with Crippen LogP contribution in [0.5, 0.6) is 0 Å². The predicted octanol–water partition coefficient (Wildman–Crippen LogP) is 1.15. The Labute approximate surface area is 133 Å². The van der Waals surface area contributed by atoms with Crippen molar-refractivity contribution in [2.45, 2.75) is 9.79 Å². The summed E-state index contributed by atoms with van der Waals surface area (Å²) in [5.41, 5.74) is -2.64. The summed E-state index contributed by atoms with van der Waals surface area (Å²) in [4.78, 5) is 17.3. The third kappa shape index (κ3) is 3.02. The Hall–Kier alpha value is -2.68. The van der Waals surface area contributed by atoms with Crippen LogP contribution in [-0.2, 0) is 20.2 Å². The highest BCUT2D eigenvalue weighted by molar-refractivity contribution is 7.86. The van der Waals surface area contributed by atoms with Crippen LogP contribution in [0.15, 0.2) is 34.1 Å². The van der Waals surface area contributed by atoms with E-state index in [1.165, 1.54) is 0 Å². The van der Waals surface area contributed by atoms with Crippen LogP contribution in [0.2, 0.25) is 0 Å². The second-order valence-electron chi connectivity index (χ2n) is 4.42. The summed E-state index contributed by atoms with van der Waals surface area (Å²) in [6.45, 7) is 0. The summed E-state index contributed by atoms with van der Waals surface area (Å²) < 4.78 is 63.1. The summed E-state index contributed by atoms with van der Waals surface area (Å²) in [6, 6.07) is 2.92. The normalized spacial score (nSPS) is 12.2. The van der Waals surface area contributed by atoms with Crippen LogP contribution in [0.25, 0.3) is 10.8 Å². The maximum absolute atomic E-state index is 11.4. The topological polar surface area (TPSA) is 195 Å². The average molecular weight is 378 g/mol. The fourth-order valence-electron chi connectivity index (χ4n) is 2.05. The maximum atomic E-state index is 11.4. The van der Waals surface area contributed by atoms with Gasteiger partial charge in [-0.2, -0.15) is 16.8 Å². The van der Waals surface area contributed by atoms with Gasteiger partial charge in [0.2, 0.25) is 4.90 Å². The summed E-state index contributed by atoms with van der Waals surface area (Å²) in [6.07, 6.45) is 0. The Bertz CT molecular complexity index is 1100. The first-order valence-corrected chi connectivity index (χ1v) is 8.56. The van der Waals surface area contributed by atoms with Gasteiger partial charge in [0.1, 0.15) is 0 Å². The molecule has 0 radical (unpaired) electrons. The Balaban J connectivity index is 3.17. The first-order chi connectivity index (χ1) is 10.8. The molecule has 2 rings (SSSR count). The van der Waals surface area contributed by atoms with Gasteiger partial charge in [-0.15, -0.1) is 0 Å². The molecule has 0 atom stereocenters. The molecule has 0 unspecified atom stereocenters. The van der Waals surface area contributed by atoms with Crippen molar-refractivity contribution >= 4 is 42.4 Å². The summed E-state index contributed by atoms with van der Waals surface area (Å²) in [7, 11) is -10.2. The first kappa shape index (κ1) is 17.7. The Kier molecular flexibility index (Phi) is 4.01. The Morgan fingerprint density at radius 1 is 0.875 bits per heavy atom. The smallest absolute Gasteiger partial charge is 0.282 e. The van der Waals surface area contributed by atoms with Gasteiger partial charge in [-0.1, -0.05) is 6.07 Å². The van der Waals surface area contributed by atoms with E-state index < -0.39 is 56.6 Å². The van der Waals surface area contributed by atoms with E-state index in [1.54, 1.807) is 0 Å². The average Bonchev–Trinajstić information content (AvgIpc) is 2.42. The minimum absolute atomic E-state index is 0.242. The molecule has 12 nitrogen and oxygen atoms in total. The maximum Gasteiger partial charge on any atom is 0.308 e. The summed E-state index contributed by atoms with van der Waals surface area (Å²) in [5.74, 6) is 0. The van der Waals surface area contributed by atoms with Crippen LogP contribution < -0.4 is 0 Å². The van der Waals surface area contributed by atoms with Crippen LogP contribution in [0.4, 0.5) is 11.4 Å². The van der Waals surface area contributed by atoms with Gasteiger partial charge in [0.25, 0.3) is 15.8 Å². The van der Waals surface area contributed by atoms with Crippen molar-refractivity contribution in [2.24, 2.45) is 0 Å². The highest BCUT2D eigenvalue weighted by Crippen LogP contribution is 2.40. The third-order valence-electron chi connectivity index (χ3n) is 2.95. The largest absolute Gasteiger partial charge is 0.308 e. The Morgan fingerprint density at radius 3 is 1.88 bits per heavy atom. The van der Waals surface area contributed by atoms with Gasteiger partial charge in [0.15, 0.2) is 0 Å². The number of nitrogens with zero attached hydrogens (tertiary/aromatic N) is 2. The van der Waals surface area contributed by atoms with E-state index in [-0.39, 0.29) is 5.39 Å². The van der Waals surface area contributed by atoms with Gasteiger partial charge in [0, 0.05) is 6.07 Å². The van der Waals surface area contributed by atoms with E-state index in [4.69, 9.17) is 9.11 Å². The zero-order valence-electron chi connectivity index (χ0n) is 11.2. The zero-order chi connectivity index (χ0) is 18.4. The number of nitro groups is 2. The second-order valence-corrected chi connectivity index (χ2v) is 7.20. The van der Waals surface area contributed by atoms with Gasteiger partial charge >= 0.3 is 15.8 Å². The highest BCUT2D eigenvalue weighted by Gasteiger charge is 2.37. The molecule has 128 valence electrons. The standard InChI is InChI=1S/C10H6N2O10S2/c13-11(14)8-3-5-1-2-6(23(17,18)19)4-7(5)9(12(15)16)10(8)24(20,21)22/h1-4H,(H,17,18,19)(H,20,21,22). The van der Waals surface area contributed by atoms with E-state index in [0.29, 0.717) is 12.1 Å². The number of hydrogen-bond donors (Lipinski definition) is 2. The molecule has 0 fully saturated rings. The van der Waals surface area contributed by atoms with Gasteiger partial charge in [0.05, 0.1) is 20.1 Å². The molecule has 0 aliphatic heterocycles. The van der Waals surface area contributed by atoms with Crippen molar-refractivity contribution < 1.29 is 35.8 Å². The minimum Gasteiger partial charge on any atom is -0.282 e. The van der Waals surface area contributed by atoms with Crippen molar-refractivity contribution in [1.82, 2.24) is 0 Å². The Morgan fingerprint density at radius 2 is 1.46 bits per heavy atom. The molecule has 0 aliphatic carbocycles. The SMILES string of the molecule is O=[N+]([O-])c1cc2ccc(S(=O)(=O)O)cc2c([N+](=O)[O-])c1S(=O)(=O)O. The molecule has 0 amide bonds. The van der Waals surface area contributed by atoms with Crippen molar-refractivity contribution in [3.05, 3.63) is 44.5 Å². The minimum atomic E-state index is -5.39. The lowest BCUT2D eigenvalue weighted by Gasteiger charge is -2.06. The molecular weight excluding hydrogens is 372 g/mol. The number of fused-ring (bicyclic) bond motifs is 1. The summed E-state index contributed by atoms with van der Waals surface area (Å²) in [5, 5.41) is 21.3. The fraction of sp³-hybridized carbons (Fsp3) is 0. The number of nitro benzene ring substituents is 2. The molecule has 14 heteroatoms. The second kappa shape index (κ2) is 5.45. The van der Waals surface area contributed by atoms with Crippen molar-refractivity contribution in [3.8, 4) is 0 Å². The van der Waals surface area contributed by atoms with Crippen molar-refractivity contribution in [2.75, 3.05) is 0 Å². The molecule has 0 saturated carbocycles. The van der Waals surface area contributed by atoms with Crippen LogP contribution in [0.1, 0.15) is 0 Å². The number of rotatable bonds is 4. The van der Waals surface area contributed by atoms with Crippen LogP contribution in [-0.4, -0.2) is 35.8 Å². The van der Waals surface area contributed by atoms with E-state index in [0.717, 1.165) is 12.1 Å². The number of hydrogen-bond acceptors (Lipinski definition) is 8. The number of benzene rings is 2. The third-order valence-corrected chi connectivity index (χ3v) is 4.72. The molecule has 0 bridgehead atoms. The van der Waals surface area contributed by atoms with Crippen LogP contribution in [0, 0.1) is 20.2 Å². The lowest BCUT2D eigenvalue weighted by Crippen LogP contribution is -2.08. The highest BCUT2D eigenvalue weighted by atomic mass is 32.2. The first-order valence-electron chi connectivity index (χ1n) is 5.68. The van der Waals surface area contributed by atoms with Crippen molar-refractivity contribution in [1.29, 1.82) is 0 Å². The van der Waals surface area contributed by atoms with E-state index in [9.17, 15) is 37.1 Å². The molecule has 2 N–H and O–H groups in total. The molecule has 24 heavy (non-hydrogen) atoms. The molecule has 0 aliphatic rings. The predicted molar refractivity (Wildman–Crippen MR) is 76.9 cm³/mol. The molecule has 2 aromatic rings. The lowest BCUT2D eigenvalue weighted by molar-refractivity contribution is -0.398. The molecule has 2 aromatic carbocycles. The van der Waals surface area contributed by atoms with Crippen LogP contribution in [0.3, 0.4) is 0 Å². The van der Waals surface area contributed by atoms with Gasteiger partial charge < -0.3 is 0 Å². The van der Waals surface area contributed by atoms with E-state index in [2.05, 4.69) is 0 Å².